The summed E-state index contributed by atoms with van der Waals surface area (Å²) in [5.74, 6) is 0.824. The average Bonchev–Trinajstić information content (AvgIpc) is 3.84. The van der Waals surface area contributed by atoms with Gasteiger partial charge in [0.25, 0.3) is 0 Å². The van der Waals surface area contributed by atoms with Crippen molar-refractivity contribution in [1.29, 1.82) is 0 Å². The van der Waals surface area contributed by atoms with Crippen molar-refractivity contribution in [2.75, 3.05) is 0 Å². The molecule has 0 unspecified atom stereocenters. The van der Waals surface area contributed by atoms with Crippen LogP contribution in [0.3, 0.4) is 0 Å². The SMILES string of the molecule is C=C/C=C(\C=C/C)n1c(-c2ccc(-c3ccc4c(c3)C3(c5ccccc5-c5ccccc53)c3cc(-c5ccc(C)cc5)ccc3-4)cc2)nc(C=C)c1C=C. The Labute approximate surface area is 318 Å². The molecule has 258 valence electrons. The maximum Gasteiger partial charge on any atom is 0.145 e. The molecule has 7 aromatic rings. The minimum absolute atomic E-state index is 0.442. The normalized spacial score (nSPS) is 13.4. The number of hydrogen-bond acceptors (Lipinski definition) is 1. The van der Waals surface area contributed by atoms with Gasteiger partial charge in [0.2, 0.25) is 0 Å². The van der Waals surface area contributed by atoms with Gasteiger partial charge in [0.15, 0.2) is 0 Å². The minimum Gasteiger partial charge on any atom is -0.292 e. The molecule has 0 amide bonds. The molecule has 0 atom stereocenters. The fourth-order valence-electron chi connectivity index (χ4n) is 8.80. The molecule has 0 saturated carbocycles. The van der Waals surface area contributed by atoms with E-state index in [1.165, 1.54) is 66.8 Å². The molecule has 2 aliphatic carbocycles. The first-order valence-corrected chi connectivity index (χ1v) is 18.5. The van der Waals surface area contributed by atoms with Crippen molar-refractivity contribution < 1.29 is 0 Å². The summed E-state index contributed by atoms with van der Waals surface area (Å²) in [5.41, 5.74) is 19.8. The summed E-state index contributed by atoms with van der Waals surface area (Å²) in [4.78, 5) is 5.02. The quantitative estimate of drug-likeness (QED) is 0.145. The summed E-state index contributed by atoms with van der Waals surface area (Å²) in [6, 6.07) is 49.8. The Kier molecular flexibility index (Phi) is 7.98. The highest BCUT2D eigenvalue weighted by Crippen LogP contribution is 2.63. The molecule has 0 radical (unpaired) electrons. The topological polar surface area (TPSA) is 17.8 Å². The van der Waals surface area contributed by atoms with E-state index in [1.807, 2.05) is 25.2 Å². The van der Waals surface area contributed by atoms with E-state index in [4.69, 9.17) is 4.98 Å². The zero-order chi connectivity index (χ0) is 37.0. The number of aryl methyl sites for hydroxylation is 1. The first-order valence-electron chi connectivity index (χ1n) is 18.5. The summed E-state index contributed by atoms with van der Waals surface area (Å²) in [7, 11) is 0. The van der Waals surface area contributed by atoms with Gasteiger partial charge in [-0.15, -0.1) is 0 Å². The number of imidazole rings is 1. The van der Waals surface area contributed by atoms with Crippen LogP contribution in [0.2, 0.25) is 0 Å². The van der Waals surface area contributed by atoms with Crippen LogP contribution < -0.4 is 0 Å². The molecule has 0 saturated heterocycles. The second-order valence-electron chi connectivity index (χ2n) is 14.1. The van der Waals surface area contributed by atoms with E-state index in [0.29, 0.717) is 0 Å². The largest absolute Gasteiger partial charge is 0.292 e. The molecule has 1 spiro atoms. The molecular weight excluding hydrogens is 653 g/mol. The van der Waals surface area contributed by atoms with E-state index in [1.54, 1.807) is 12.2 Å². The maximum absolute atomic E-state index is 5.02. The summed E-state index contributed by atoms with van der Waals surface area (Å²) in [6.45, 7) is 16.3. The van der Waals surface area contributed by atoms with Crippen LogP contribution in [0.15, 0.2) is 178 Å². The predicted octanol–water partition coefficient (Wildman–Crippen LogP) is 13.4. The van der Waals surface area contributed by atoms with Gasteiger partial charge in [0.05, 0.1) is 16.8 Å². The van der Waals surface area contributed by atoms with Crippen molar-refractivity contribution in [3.8, 4) is 55.9 Å². The van der Waals surface area contributed by atoms with Gasteiger partial charge in [0.1, 0.15) is 5.82 Å². The lowest BCUT2D eigenvalue weighted by atomic mass is 9.70. The lowest BCUT2D eigenvalue weighted by Crippen LogP contribution is -2.26. The highest BCUT2D eigenvalue weighted by molar-refractivity contribution is 5.97. The average molecular weight is 693 g/mol. The van der Waals surface area contributed by atoms with Gasteiger partial charge in [0, 0.05) is 11.3 Å². The maximum atomic E-state index is 5.02. The zero-order valence-corrected chi connectivity index (χ0v) is 30.7. The fraction of sp³-hybridized carbons (Fsp3) is 0.0577. The van der Waals surface area contributed by atoms with Crippen LogP contribution in [0.25, 0.3) is 73.7 Å². The number of aromatic nitrogens is 2. The van der Waals surface area contributed by atoms with Gasteiger partial charge >= 0.3 is 0 Å². The Bertz CT molecular complexity index is 2670. The van der Waals surface area contributed by atoms with E-state index in [0.717, 1.165) is 34.0 Å². The number of fused-ring (bicyclic) bond motifs is 10. The van der Waals surface area contributed by atoms with Gasteiger partial charge in [-0.25, -0.2) is 4.98 Å². The standard InChI is InChI=1S/C52H40N2/c1-6-14-40(15-7-2)54-50(9-4)49(8-3)53-51(54)37-26-24-36(25-27-37)39-29-31-44-43-30-28-38(35-22-20-34(5)21-23-35)32-47(43)52(48(44)33-39)45-18-12-10-16-41(45)42-17-11-13-19-46(42)52/h6-33H,1,3-4H2,2,5H3/b15-7-,40-14+. The van der Waals surface area contributed by atoms with Crippen LogP contribution in [0.1, 0.15) is 46.1 Å². The Morgan fingerprint density at radius 3 is 1.59 bits per heavy atom. The zero-order valence-electron chi connectivity index (χ0n) is 30.7. The van der Waals surface area contributed by atoms with Gasteiger partial charge in [-0.2, -0.15) is 0 Å². The van der Waals surface area contributed by atoms with E-state index < -0.39 is 5.41 Å². The fourth-order valence-corrected chi connectivity index (χ4v) is 8.80. The van der Waals surface area contributed by atoms with Crippen LogP contribution in [0, 0.1) is 6.92 Å². The molecular formula is C52H40N2. The third-order valence-electron chi connectivity index (χ3n) is 11.2. The van der Waals surface area contributed by atoms with Crippen LogP contribution in [-0.2, 0) is 5.41 Å². The van der Waals surface area contributed by atoms with Crippen LogP contribution >= 0.6 is 0 Å². The van der Waals surface area contributed by atoms with Gasteiger partial charge in [-0.1, -0.05) is 159 Å². The number of rotatable bonds is 8. The molecule has 0 N–H and O–H groups in total. The Hall–Kier alpha value is -6.77. The van der Waals surface area contributed by atoms with E-state index in [-0.39, 0.29) is 0 Å². The molecule has 0 bridgehead atoms. The van der Waals surface area contributed by atoms with E-state index >= 15 is 0 Å². The second kappa shape index (κ2) is 13.0. The summed E-state index contributed by atoms with van der Waals surface area (Å²) >= 11 is 0. The highest BCUT2D eigenvalue weighted by Gasteiger charge is 2.51. The number of nitrogens with zero attached hydrogens (tertiary/aromatic N) is 2. The van der Waals surface area contributed by atoms with Gasteiger partial charge in [-0.05, 0) is 117 Å². The number of benzene rings is 6. The molecule has 1 aromatic heterocycles. The summed E-state index contributed by atoms with van der Waals surface area (Å²) < 4.78 is 2.12. The van der Waals surface area contributed by atoms with Crippen molar-refractivity contribution in [2.24, 2.45) is 0 Å². The van der Waals surface area contributed by atoms with Gasteiger partial charge < -0.3 is 0 Å². The van der Waals surface area contributed by atoms with Crippen LogP contribution in [-0.4, -0.2) is 9.55 Å². The Morgan fingerprint density at radius 2 is 1.07 bits per heavy atom. The van der Waals surface area contributed by atoms with Crippen LogP contribution in [0.4, 0.5) is 0 Å². The monoisotopic (exact) mass is 692 g/mol. The van der Waals surface area contributed by atoms with Crippen molar-refractivity contribution in [2.45, 2.75) is 19.3 Å². The lowest BCUT2D eigenvalue weighted by molar-refractivity contribution is 0.794. The molecule has 2 aliphatic rings. The van der Waals surface area contributed by atoms with Crippen LogP contribution in [0.5, 0.6) is 0 Å². The molecule has 9 rings (SSSR count). The second-order valence-corrected chi connectivity index (χ2v) is 14.1. The minimum atomic E-state index is -0.442. The first kappa shape index (κ1) is 33.1. The Balaban J connectivity index is 1.22. The Morgan fingerprint density at radius 1 is 0.574 bits per heavy atom. The van der Waals surface area contributed by atoms with E-state index in [2.05, 4.69) is 171 Å². The molecule has 0 fully saturated rings. The number of hydrogen-bond donors (Lipinski definition) is 0. The molecule has 54 heavy (non-hydrogen) atoms. The van der Waals surface area contributed by atoms with E-state index in [9.17, 15) is 0 Å². The molecule has 2 nitrogen and oxygen atoms in total. The highest BCUT2D eigenvalue weighted by atomic mass is 15.1. The third kappa shape index (κ3) is 4.84. The first-order chi connectivity index (χ1) is 26.5. The third-order valence-corrected chi connectivity index (χ3v) is 11.2. The summed E-state index contributed by atoms with van der Waals surface area (Å²) in [5, 5.41) is 0. The molecule has 0 aliphatic heterocycles. The van der Waals surface area contributed by atoms with Crippen molar-refractivity contribution in [3.63, 3.8) is 0 Å². The van der Waals surface area contributed by atoms with Crippen molar-refractivity contribution in [3.05, 3.63) is 217 Å². The molecule has 2 heteroatoms. The molecule has 6 aromatic carbocycles. The lowest BCUT2D eigenvalue weighted by Gasteiger charge is -2.31. The summed E-state index contributed by atoms with van der Waals surface area (Å²) in [6.07, 6.45) is 11.5. The van der Waals surface area contributed by atoms with Gasteiger partial charge in [-0.3, -0.25) is 4.57 Å². The predicted molar refractivity (Wildman–Crippen MR) is 229 cm³/mol. The number of allylic oxidation sites excluding steroid dienone is 5. The van der Waals surface area contributed by atoms with Crippen molar-refractivity contribution >= 4 is 17.8 Å². The molecule has 1 heterocycles. The smallest absolute Gasteiger partial charge is 0.145 e. The van der Waals surface area contributed by atoms with Crippen molar-refractivity contribution in [1.82, 2.24) is 9.55 Å².